The molecule has 1 heterocycles. The molecule has 3 N–H and O–H groups in total. The Balaban J connectivity index is 1.69. The minimum absolute atomic E-state index is 0.0438. The lowest BCUT2D eigenvalue weighted by Gasteiger charge is -2.23. The zero-order chi connectivity index (χ0) is 16.7. The van der Waals surface area contributed by atoms with Gasteiger partial charge in [-0.25, -0.2) is 4.39 Å². The molecule has 0 saturated carbocycles. The summed E-state index contributed by atoms with van der Waals surface area (Å²) in [6, 6.07) is 5.70. The molecular weight excluding hydrogens is 295 g/mol. The topological polar surface area (TPSA) is 61.4 Å². The Morgan fingerprint density at radius 2 is 2.00 bits per heavy atom. The number of halogens is 1. The van der Waals surface area contributed by atoms with Crippen LogP contribution in [-0.4, -0.2) is 30.1 Å². The lowest BCUT2D eigenvalue weighted by atomic mass is 9.93. The monoisotopic (exact) mass is 322 g/mol. The van der Waals surface area contributed by atoms with Crippen LogP contribution in [0.25, 0.3) is 0 Å². The number of hydrogen-bond donors (Lipinski definition) is 3. The molecule has 1 aliphatic heterocycles. The molecule has 0 aromatic heterocycles. The number of aliphatic hydroxyl groups is 1. The van der Waals surface area contributed by atoms with Crippen LogP contribution in [0.5, 0.6) is 0 Å². The van der Waals surface area contributed by atoms with Crippen molar-refractivity contribution in [2.45, 2.75) is 51.2 Å². The molecule has 0 aliphatic carbocycles. The molecule has 1 fully saturated rings. The Morgan fingerprint density at radius 1 is 1.35 bits per heavy atom. The minimum Gasteiger partial charge on any atom is -0.388 e. The average Bonchev–Trinajstić information content (AvgIpc) is 2.54. The highest BCUT2D eigenvalue weighted by Crippen LogP contribution is 2.20. The maximum absolute atomic E-state index is 12.9. The summed E-state index contributed by atoms with van der Waals surface area (Å²) >= 11 is 0. The van der Waals surface area contributed by atoms with Gasteiger partial charge in [0.25, 0.3) is 0 Å². The molecule has 1 aromatic carbocycles. The Kier molecular flexibility index (Phi) is 6.99. The van der Waals surface area contributed by atoms with Crippen LogP contribution in [0.4, 0.5) is 4.39 Å². The van der Waals surface area contributed by atoms with Crippen molar-refractivity contribution in [2.75, 3.05) is 13.1 Å². The SMILES string of the molecule is CC(CC(O)c1ccc(F)cc1)NC(=O)CCC1CCNCC1. The van der Waals surface area contributed by atoms with Crippen molar-refractivity contribution in [2.24, 2.45) is 5.92 Å². The summed E-state index contributed by atoms with van der Waals surface area (Å²) in [6.45, 7) is 3.98. The second-order valence-electron chi connectivity index (χ2n) is 6.50. The van der Waals surface area contributed by atoms with E-state index in [4.69, 9.17) is 0 Å². The van der Waals surface area contributed by atoms with Gasteiger partial charge in [0, 0.05) is 12.5 Å². The largest absolute Gasteiger partial charge is 0.388 e. The molecule has 2 unspecified atom stereocenters. The molecule has 0 radical (unpaired) electrons. The molecular formula is C18H27FN2O2. The number of benzene rings is 1. The van der Waals surface area contributed by atoms with Crippen LogP contribution in [0, 0.1) is 11.7 Å². The van der Waals surface area contributed by atoms with E-state index >= 15 is 0 Å². The van der Waals surface area contributed by atoms with Crippen molar-refractivity contribution in [1.29, 1.82) is 0 Å². The summed E-state index contributed by atoms with van der Waals surface area (Å²) in [7, 11) is 0. The van der Waals surface area contributed by atoms with Crippen LogP contribution >= 0.6 is 0 Å². The minimum atomic E-state index is -0.699. The standard InChI is InChI=1S/C18H27FN2O2/c1-13(12-17(22)15-3-5-16(19)6-4-15)21-18(23)7-2-14-8-10-20-11-9-14/h3-6,13-14,17,20,22H,2,7-12H2,1H3,(H,21,23). The summed E-state index contributed by atoms with van der Waals surface area (Å²) in [4.78, 5) is 12.0. The molecule has 5 heteroatoms. The molecule has 4 nitrogen and oxygen atoms in total. The fourth-order valence-corrected chi connectivity index (χ4v) is 3.07. The van der Waals surface area contributed by atoms with E-state index in [0.29, 0.717) is 24.3 Å². The van der Waals surface area contributed by atoms with Gasteiger partial charge < -0.3 is 15.7 Å². The zero-order valence-corrected chi connectivity index (χ0v) is 13.7. The van der Waals surface area contributed by atoms with Gasteiger partial charge in [0.2, 0.25) is 5.91 Å². The zero-order valence-electron chi connectivity index (χ0n) is 13.7. The molecule has 2 rings (SSSR count). The predicted octanol–water partition coefficient (Wildman–Crippen LogP) is 2.53. The third kappa shape index (κ3) is 6.28. The third-order valence-corrected chi connectivity index (χ3v) is 4.48. The normalized spacial score (nSPS) is 18.4. The van der Waals surface area contributed by atoms with Crippen molar-refractivity contribution < 1.29 is 14.3 Å². The first-order valence-corrected chi connectivity index (χ1v) is 8.48. The van der Waals surface area contributed by atoms with E-state index in [1.807, 2.05) is 6.92 Å². The van der Waals surface area contributed by atoms with Crippen LogP contribution in [0.1, 0.15) is 50.7 Å². The van der Waals surface area contributed by atoms with Gasteiger partial charge in [-0.2, -0.15) is 0 Å². The number of aliphatic hydroxyl groups excluding tert-OH is 1. The highest BCUT2D eigenvalue weighted by molar-refractivity contribution is 5.76. The van der Waals surface area contributed by atoms with Gasteiger partial charge in [-0.1, -0.05) is 12.1 Å². The highest BCUT2D eigenvalue weighted by atomic mass is 19.1. The number of carbonyl (C=O) groups is 1. The van der Waals surface area contributed by atoms with Crippen molar-refractivity contribution in [3.8, 4) is 0 Å². The molecule has 1 amide bonds. The van der Waals surface area contributed by atoms with Crippen molar-refractivity contribution in [3.63, 3.8) is 0 Å². The van der Waals surface area contributed by atoms with Crippen LogP contribution in [0.2, 0.25) is 0 Å². The second kappa shape index (κ2) is 8.99. The lowest BCUT2D eigenvalue weighted by molar-refractivity contribution is -0.122. The molecule has 23 heavy (non-hydrogen) atoms. The highest BCUT2D eigenvalue weighted by Gasteiger charge is 2.17. The van der Waals surface area contributed by atoms with Gasteiger partial charge in [-0.3, -0.25) is 4.79 Å². The van der Waals surface area contributed by atoms with Gasteiger partial charge in [0.05, 0.1) is 6.10 Å². The van der Waals surface area contributed by atoms with Crippen LogP contribution in [0.3, 0.4) is 0 Å². The quantitative estimate of drug-likeness (QED) is 0.723. The van der Waals surface area contributed by atoms with Crippen molar-refractivity contribution in [1.82, 2.24) is 10.6 Å². The molecule has 1 aliphatic rings. The van der Waals surface area contributed by atoms with E-state index in [0.717, 1.165) is 32.4 Å². The molecule has 0 bridgehead atoms. The second-order valence-corrected chi connectivity index (χ2v) is 6.50. The first kappa shape index (κ1) is 17.9. The summed E-state index contributed by atoms with van der Waals surface area (Å²) in [5.74, 6) is 0.365. The number of amides is 1. The molecule has 0 spiro atoms. The maximum Gasteiger partial charge on any atom is 0.220 e. The van der Waals surface area contributed by atoms with E-state index in [1.165, 1.54) is 12.1 Å². The Morgan fingerprint density at radius 3 is 2.65 bits per heavy atom. The number of piperidine rings is 1. The van der Waals surface area contributed by atoms with Gasteiger partial charge >= 0.3 is 0 Å². The Hall–Kier alpha value is -1.46. The van der Waals surface area contributed by atoms with Gasteiger partial charge in [-0.05, 0) is 69.3 Å². The van der Waals surface area contributed by atoms with Crippen LogP contribution in [0.15, 0.2) is 24.3 Å². The molecule has 2 atom stereocenters. The fraction of sp³-hybridized carbons (Fsp3) is 0.611. The maximum atomic E-state index is 12.9. The number of nitrogens with one attached hydrogen (secondary N) is 2. The molecule has 1 aromatic rings. The first-order valence-electron chi connectivity index (χ1n) is 8.48. The van der Waals surface area contributed by atoms with Crippen molar-refractivity contribution in [3.05, 3.63) is 35.6 Å². The smallest absolute Gasteiger partial charge is 0.220 e. The third-order valence-electron chi connectivity index (χ3n) is 4.48. The van der Waals surface area contributed by atoms with Gasteiger partial charge in [0.1, 0.15) is 5.82 Å². The van der Waals surface area contributed by atoms with Crippen LogP contribution < -0.4 is 10.6 Å². The van der Waals surface area contributed by atoms with E-state index in [2.05, 4.69) is 10.6 Å². The summed E-state index contributed by atoms with van der Waals surface area (Å²) in [5.41, 5.74) is 0.669. The summed E-state index contributed by atoms with van der Waals surface area (Å²) < 4.78 is 12.9. The average molecular weight is 322 g/mol. The first-order chi connectivity index (χ1) is 11.0. The van der Waals surface area contributed by atoms with E-state index in [-0.39, 0.29) is 17.8 Å². The number of hydrogen-bond acceptors (Lipinski definition) is 3. The fourth-order valence-electron chi connectivity index (χ4n) is 3.07. The Bertz CT molecular complexity index is 486. The lowest BCUT2D eigenvalue weighted by Crippen LogP contribution is -2.34. The van der Waals surface area contributed by atoms with E-state index in [1.54, 1.807) is 12.1 Å². The number of carbonyl (C=O) groups excluding carboxylic acids is 1. The molecule has 1 saturated heterocycles. The Labute approximate surface area is 137 Å². The van der Waals surface area contributed by atoms with Gasteiger partial charge in [0.15, 0.2) is 0 Å². The molecule has 128 valence electrons. The summed E-state index contributed by atoms with van der Waals surface area (Å²) in [5, 5.41) is 16.4. The number of rotatable bonds is 7. The van der Waals surface area contributed by atoms with Crippen molar-refractivity contribution >= 4 is 5.91 Å². The summed E-state index contributed by atoms with van der Waals surface area (Å²) in [6.07, 6.45) is 3.49. The predicted molar refractivity (Wildman–Crippen MR) is 88.4 cm³/mol. The van der Waals surface area contributed by atoms with Crippen LogP contribution in [-0.2, 0) is 4.79 Å². The van der Waals surface area contributed by atoms with E-state index < -0.39 is 6.10 Å². The van der Waals surface area contributed by atoms with Gasteiger partial charge in [-0.15, -0.1) is 0 Å². The van der Waals surface area contributed by atoms with E-state index in [9.17, 15) is 14.3 Å².